The van der Waals surface area contributed by atoms with E-state index in [1.54, 1.807) is 20.8 Å². The normalized spacial score (nSPS) is 16.1. The highest BCUT2D eigenvalue weighted by molar-refractivity contribution is 6.01. The number of carbonyl (C=O) groups excluding carboxylic acids is 4. The molecule has 1 aliphatic heterocycles. The lowest BCUT2D eigenvalue weighted by Gasteiger charge is -2.15. The summed E-state index contributed by atoms with van der Waals surface area (Å²) in [5, 5.41) is 0.409. The van der Waals surface area contributed by atoms with E-state index in [0.29, 0.717) is 5.06 Å². The molecule has 21 heavy (non-hydrogen) atoms. The van der Waals surface area contributed by atoms with Crippen molar-refractivity contribution in [1.82, 2.24) is 5.06 Å². The van der Waals surface area contributed by atoms with Gasteiger partial charge in [0.25, 0.3) is 11.8 Å². The minimum atomic E-state index is -1.14. The number of hydroxylamine groups is 2. The largest absolute Gasteiger partial charge is 0.533 e. The van der Waals surface area contributed by atoms with Crippen molar-refractivity contribution < 1.29 is 33.5 Å². The maximum absolute atomic E-state index is 11.3. The molecule has 0 aromatic heterocycles. The Hall–Kier alpha value is -2.12. The Balaban J connectivity index is 2.25. The summed E-state index contributed by atoms with van der Waals surface area (Å²) < 4.78 is 9.73. The van der Waals surface area contributed by atoms with Crippen LogP contribution in [0.25, 0.3) is 0 Å². The molecule has 0 saturated carbocycles. The lowest BCUT2D eigenvalue weighted by atomic mass is 10.2. The molecular formula is C13H19NO7. The fourth-order valence-corrected chi connectivity index (χ4v) is 1.41. The van der Waals surface area contributed by atoms with Crippen molar-refractivity contribution in [3.8, 4) is 0 Å². The van der Waals surface area contributed by atoms with Gasteiger partial charge in [-0.25, -0.2) is 4.79 Å². The van der Waals surface area contributed by atoms with E-state index < -0.39 is 18.0 Å². The van der Waals surface area contributed by atoms with Crippen molar-refractivity contribution in [2.75, 3.05) is 13.2 Å². The van der Waals surface area contributed by atoms with Crippen LogP contribution in [0.5, 0.6) is 0 Å². The Bertz CT molecular complexity index is 416. The van der Waals surface area contributed by atoms with Gasteiger partial charge >= 0.3 is 12.1 Å². The highest BCUT2D eigenvalue weighted by atomic mass is 16.8. The number of esters is 1. The summed E-state index contributed by atoms with van der Waals surface area (Å²) in [6, 6.07) is 0. The highest BCUT2D eigenvalue weighted by Crippen LogP contribution is 2.12. The monoisotopic (exact) mass is 301 g/mol. The maximum Gasteiger partial charge on any atom is 0.533 e. The summed E-state index contributed by atoms with van der Waals surface area (Å²) in [7, 11) is 0. The first-order valence-electron chi connectivity index (χ1n) is 6.68. The van der Waals surface area contributed by atoms with Gasteiger partial charge in [0.2, 0.25) is 0 Å². The Morgan fingerprint density at radius 2 is 1.57 bits per heavy atom. The standard InChI is InChI=1S/C13H19NO7/c1-8(2)12(17)19-6-9(3)7-20-13(18)21-14-10(15)4-5-11(14)16/h8-9H,4-7H2,1-3H3. The first-order chi connectivity index (χ1) is 9.81. The third kappa shape index (κ3) is 5.41. The molecule has 0 bridgehead atoms. The maximum atomic E-state index is 11.3. The minimum Gasteiger partial charge on any atom is -0.465 e. The molecular weight excluding hydrogens is 282 g/mol. The van der Waals surface area contributed by atoms with E-state index in [4.69, 9.17) is 9.47 Å². The minimum absolute atomic E-state index is 0.0215. The van der Waals surface area contributed by atoms with E-state index in [1.807, 2.05) is 0 Å². The van der Waals surface area contributed by atoms with Crippen LogP contribution in [-0.2, 0) is 28.7 Å². The van der Waals surface area contributed by atoms with Crippen molar-refractivity contribution >= 4 is 23.9 Å². The molecule has 1 unspecified atom stereocenters. The van der Waals surface area contributed by atoms with Crippen molar-refractivity contribution in [1.29, 1.82) is 0 Å². The van der Waals surface area contributed by atoms with E-state index in [2.05, 4.69) is 4.84 Å². The van der Waals surface area contributed by atoms with Gasteiger partial charge in [-0.2, -0.15) is 0 Å². The van der Waals surface area contributed by atoms with Crippen LogP contribution in [0.1, 0.15) is 33.6 Å². The van der Waals surface area contributed by atoms with E-state index >= 15 is 0 Å². The zero-order valence-corrected chi connectivity index (χ0v) is 12.3. The Kier molecular flexibility index (Phi) is 6.13. The average molecular weight is 301 g/mol. The number of imide groups is 1. The molecule has 0 N–H and O–H groups in total. The summed E-state index contributed by atoms with van der Waals surface area (Å²) in [5.41, 5.74) is 0. The molecule has 1 saturated heterocycles. The third-order valence-corrected chi connectivity index (χ3v) is 2.64. The van der Waals surface area contributed by atoms with E-state index in [-0.39, 0.29) is 43.9 Å². The number of hydrogen-bond donors (Lipinski definition) is 0. The second-order valence-electron chi connectivity index (χ2n) is 5.12. The van der Waals surface area contributed by atoms with Crippen molar-refractivity contribution in [3.63, 3.8) is 0 Å². The summed E-state index contributed by atoms with van der Waals surface area (Å²) in [5.74, 6) is -1.94. The molecule has 0 aliphatic carbocycles. The third-order valence-electron chi connectivity index (χ3n) is 2.64. The SMILES string of the molecule is CC(COC(=O)ON1C(=O)CCC1=O)COC(=O)C(C)C. The van der Waals surface area contributed by atoms with Crippen LogP contribution in [0, 0.1) is 11.8 Å². The molecule has 1 aliphatic rings. The molecule has 0 spiro atoms. The zero-order chi connectivity index (χ0) is 16.0. The summed E-state index contributed by atoms with van der Waals surface area (Å²) in [6.45, 7) is 5.19. The van der Waals surface area contributed by atoms with Crippen LogP contribution in [0.3, 0.4) is 0 Å². The van der Waals surface area contributed by atoms with Crippen LogP contribution >= 0.6 is 0 Å². The Morgan fingerprint density at radius 1 is 1.05 bits per heavy atom. The predicted molar refractivity (Wildman–Crippen MR) is 68.5 cm³/mol. The number of ether oxygens (including phenoxy) is 2. The van der Waals surface area contributed by atoms with Crippen LogP contribution in [-0.4, -0.2) is 42.2 Å². The first kappa shape index (κ1) is 16.9. The summed E-state index contributed by atoms with van der Waals surface area (Å²) in [4.78, 5) is 49.5. The van der Waals surface area contributed by atoms with Crippen LogP contribution in [0.2, 0.25) is 0 Å². The van der Waals surface area contributed by atoms with Crippen LogP contribution in [0.15, 0.2) is 0 Å². The molecule has 0 aromatic carbocycles. The molecule has 8 nitrogen and oxygen atoms in total. The number of rotatable bonds is 6. The van der Waals surface area contributed by atoms with Crippen molar-refractivity contribution in [2.24, 2.45) is 11.8 Å². The molecule has 2 amide bonds. The first-order valence-corrected chi connectivity index (χ1v) is 6.68. The van der Waals surface area contributed by atoms with E-state index in [9.17, 15) is 19.2 Å². The van der Waals surface area contributed by atoms with Gasteiger partial charge in [-0.15, -0.1) is 0 Å². The van der Waals surface area contributed by atoms with Gasteiger partial charge in [-0.3, -0.25) is 19.2 Å². The number of hydrogen-bond acceptors (Lipinski definition) is 7. The molecule has 0 radical (unpaired) electrons. The highest BCUT2D eigenvalue weighted by Gasteiger charge is 2.33. The molecule has 0 aromatic rings. The van der Waals surface area contributed by atoms with Crippen molar-refractivity contribution in [2.45, 2.75) is 33.6 Å². The lowest BCUT2D eigenvalue weighted by Crippen LogP contribution is -2.33. The molecule has 1 rings (SSSR count). The van der Waals surface area contributed by atoms with Crippen LogP contribution in [0.4, 0.5) is 4.79 Å². The fraction of sp³-hybridized carbons (Fsp3) is 0.692. The lowest BCUT2D eigenvalue weighted by molar-refractivity contribution is -0.177. The second-order valence-corrected chi connectivity index (χ2v) is 5.12. The topological polar surface area (TPSA) is 99.2 Å². The molecule has 1 heterocycles. The second kappa shape index (κ2) is 7.61. The van der Waals surface area contributed by atoms with Gasteiger partial charge in [0.05, 0.1) is 12.5 Å². The number of carbonyl (C=O) groups is 4. The Morgan fingerprint density at radius 3 is 2.10 bits per heavy atom. The van der Waals surface area contributed by atoms with E-state index in [0.717, 1.165) is 0 Å². The number of amides is 2. The average Bonchev–Trinajstić information content (AvgIpc) is 2.74. The van der Waals surface area contributed by atoms with Gasteiger partial charge in [0.15, 0.2) is 0 Å². The van der Waals surface area contributed by atoms with Gasteiger partial charge in [-0.05, 0) is 0 Å². The smallest absolute Gasteiger partial charge is 0.465 e. The Labute approximate surface area is 122 Å². The zero-order valence-electron chi connectivity index (χ0n) is 12.3. The quantitative estimate of drug-likeness (QED) is 0.533. The van der Waals surface area contributed by atoms with Gasteiger partial charge in [0.1, 0.15) is 6.61 Å². The number of nitrogens with zero attached hydrogens (tertiary/aromatic N) is 1. The summed E-state index contributed by atoms with van der Waals surface area (Å²) in [6.07, 6.45) is -1.10. The van der Waals surface area contributed by atoms with E-state index in [1.165, 1.54) is 0 Å². The van der Waals surface area contributed by atoms with Gasteiger partial charge < -0.3 is 9.47 Å². The molecule has 118 valence electrons. The molecule has 1 atom stereocenters. The van der Waals surface area contributed by atoms with Crippen molar-refractivity contribution in [3.05, 3.63) is 0 Å². The predicted octanol–water partition coefficient (Wildman–Crippen LogP) is 1.04. The van der Waals surface area contributed by atoms with Gasteiger partial charge in [0, 0.05) is 18.8 Å². The fourth-order valence-electron chi connectivity index (χ4n) is 1.41. The van der Waals surface area contributed by atoms with Crippen LogP contribution < -0.4 is 0 Å². The molecule has 8 heteroatoms. The summed E-state index contributed by atoms with van der Waals surface area (Å²) >= 11 is 0. The molecule has 1 fully saturated rings. The van der Waals surface area contributed by atoms with Gasteiger partial charge in [-0.1, -0.05) is 25.8 Å².